The van der Waals surface area contributed by atoms with Crippen LogP contribution in [0.5, 0.6) is 5.75 Å². The molecule has 0 aliphatic carbocycles. The van der Waals surface area contributed by atoms with E-state index in [4.69, 9.17) is 4.74 Å². The molecular weight excluding hydrogens is 364 g/mol. The molecule has 0 radical (unpaired) electrons. The highest BCUT2D eigenvalue weighted by Crippen LogP contribution is 2.32. The average molecular weight is 388 g/mol. The Morgan fingerprint density at radius 3 is 2.52 bits per heavy atom. The summed E-state index contributed by atoms with van der Waals surface area (Å²) in [5.74, 6) is 0.807. The lowest BCUT2D eigenvalue weighted by molar-refractivity contribution is 0.183. The van der Waals surface area contributed by atoms with Crippen molar-refractivity contribution in [2.24, 2.45) is 0 Å². The van der Waals surface area contributed by atoms with Crippen LogP contribution in [0.3, 0.4) is 0 Å². The maximum atomic E-state index is 12.7. The van der Waals surface area contributed by atoms with Gasteiger partial charge in [-0.2, -0.15) is 0 Å². The minimum atomic E-state index is -3.23. The van der Waals surface area contributed by atoms with E-state index >= 15 is 0 Å². The summed E-state index contributed by atoms with van der Waals surface area (Å²) in [5.41, 5.74) is 1.85. The summed E-state index contributed by atoms with van der Waals surface area (Å²) in [6.07, 6.45) is 1.89. The summed E-state index contributed by atoms with van der Waals surface area (Å²) in [5, 5.41) is 3.07. The summed E-state index contributed by atoms with van der Waals surface area (Å²) >= 11 is 0. The van der Waals surface area contributed by atoms with Gasteiger partial charge in [-0.15, -0.1) is 0 Å². The van der Waals surface area contributed by atoms with Crippen LogP contribution in [-0.2, 0) is 9.84 Å². The standard InChI is InChI=1S/C20H24N2O4S/c1-14(15-8-10-16(11-9-15)27(3,24)25)22(2)20(23)21-18-12-13-26-19-7-5-4-6-17(18)19/h4-11,14,18H,12-13H2,1-3H3,(H,21,23). The normalized spacial score (nSPS) is 17.4. The molecule has 6 nitrogen and oxygen atoms in total. The van der Waals surface area contributed by atoms with Crippen molar-refractivity contribution in [2.75, 3.05) is 19.9 Å². The SMILES string of the molecule is CC(c1ccc(S(C)(=O)=O)cc1)N(C)C(=O)NC1CCOc2ccccc21. The number of hydrogen-bond donors (Lipinski definition) is 1. The van der Waals surface area contributed by atoms with Crippen molar-refractivity contribution in [3.8, 4) is 5.75 Å². The topological polar surface area (TPSA) is 75.7 Å². The lowest BCUT2D eigenvalue weighted by Crippen LogP contribution is -2.41. The number of rotatable bonds is 4. The average Bonchev–Trinajstić information content (AvgIpc) is 2.66. The molecule has 27 heavy (non-hydrogen) atoms. The van der Waals surface area contributed by atoms with Gasteiger partial charge in [0, 0.05) is 25.3 Å². The van der Waals surface area contributed by atoms with Gasteiger partial charge in [0.1, 0.15) is 5.75 Å². The Balaban J connectivity index is 1.70. The van der Waals surface area contributed by atoms with Crippen LogP contribution in [-0.4, -0.2) is 39.3 Å². The molecule has 1 aliphatic heterocycles. The molecular formula is C20H24N2O4S. The van der Waals surface area contributed by atoms with Crippen LogP contribution in [0.2, 0.25) is 0 Å². The summed E-state index contributed by atoms with van der Waals surface area (Å²) in [6, 6.07) is 13.9. The number of nitrogens with one attached hydrogen (secondary N) is 1. The van der Waals surface area contributed by atoms with E-state index in [9.17, 15) is 13.2 Å². The van der Waals surface area contributed by atoms with Gasteiger partial charge in [-0.1, -0.05) is 30.3 Å². The summed E-state index contributed by atoms with van der Waals surface area (Å²) in [7, 11) is -1.50. The molecule has 2 atom stereocenters. The number of fused-ring (bicyclic) bond motifs is 1. The Morgan fingerprint density at radius 2 is 1.85 bits per heavy atom. The van der Waals surface area contributed by atoms with E-state index in [1.54, 1.807) is 36.2 Å². The molecule has 2 amide bonds. The molecule has 144 valence electrons. The third-order valence-electron chi connectivity index (χ3n) is 4.95. The van der Waals surface area contributed by atoms with Crippen molar-refractivity contribution in [1.29, 1.82) is 0 Å². The van der Waals surface area contributed by atoms with Gasteiger partial charge in [-0.25, -0.2) is 13.2 Å². The Labute approximate surface area is 160 Å². The first-order valence-electron chi connectivity index (χ1n) is 8.82. The number of carbonyl (C=O) groups is 1. The largest absolute Gasteiger partial charge is 0.493 e. The third-order valence-corrected chi connectivity index (χ3v) is 6.08. The van der Waals surface area contributed by atoms with Gasteiger partial charge < -0.3 is 15.0 Å². The van der Waals surface area contributed by atoms with Crippen LogP contribution in [0, 0.1) is 0 Å². The van der Waals surface area contributed by atoms with Crippen molar-refractivity contribution >= 4 is 15.9 Å². The number of para-hydroxylation sites is 1. The molecule has 0 aromatic heterocycles. The predicted molar refractivity (Wildman–Crippen MR) is 104 cm³/mol. The number of nitrogens with zero attached hydrogens (tertiary/aromatic N) is 1. The second-order valence-corrected chi connectivity index (χ2v) is 8.82. The molecule has 0 saturated heterocycles. The third kappa shape index (κ3) is 4.24. The Hall–Kier alpha value is -2.54. The van der Waals surface area contributed by atoms with E-state index in [2.05, 4.69) is 5.32 Å². The molecule has 0 saturated carbocycles. The molecule has 0 fully saturated rings. The predicted octanol–water partition coefficient (Wildman–Crippen LogP) is 3.32. The van der Waals surface area contributed by atoms with Crippen LogP contribution in [0.25, 0.3) is 0 Å². The van der Waals surface area contributed by atoms with Crippen molar-refractivity contribution in [1.82, 2.24) is 10.2 Å². The van der Waals surface area contributed by atoms with E-state index in [0.717, 1.165) is 16.9 Å². The molecule has 2 aromatic carbocycles. The van der Waals surface area contributed by atoms with Gasteiger partial charge in [0.2, 0.25) is 0 Å². The number of sulfone groups is 1. The molecule has 0 bridgehead atoms. The molecule has 2 aromatic rings. The number of carbonyl (C=O) groups excluding carboxylic acids is 1. The highest BCUT2D eigenvalue weighted by molar-refractivity contribution is 7.90. The van der Waals surface area contributed by atoms with Crippen LogP contribution >= 0.6 is 0 Å². The van der Waals surface area contributed by atoms with Crippen LogP contribution in [0.4, 0.5) is 4.79 Å². The van der Waals surface area contributed by atoms with Crippen molar-refractivity contribution in [3.05, 3.63) is 59.7 Å². The Morgan fingerprint density at radius 1 is 1.19 bits per heavy atom. The molecule has 0 spiro atoms. The molecule has 1 heterocycles. The Bertz CT molecular complexity index is 925. The minimum Gasteiger partial charge on any atom is -0.493 e. The first-order chi connectivity index (χ1) is 12.8. The fourth-order valence-electron chi connectivity index (χ4n) is 3.14. The van der Waals surface area contributed by atoms with Crippen LogP contribution < -0.4 is 10.1 Å². The quantitative estimate of drug-likeness (QED) is 0.872. The second-order valence-electron chi connectivity index (χ2n) is 6.81. The fourth-order valence-corrected chi connectivity index (χ4v) is 3.77. The lowest BCUT2D eigenvalue weighted by atomic mass is 10.0. The van der Waals surface area contributed by atoms with E-state index in [1.165, 1.54) is 6.26 Å². The minimum absolute atomic E-state index is 0.0929. The van der Waals surface area contributed by atoms with Gasteiger partial charge >= 0.3 is 6.03 Å². The number of amides is 2. The molecule has 3 rings (SSSR count). The molecule has 7 heteroatoms. The summed E-state index contributed by atoms with van der Waals surface area (Å²) < 4.78 is 28.8. The van der Waals surface area contributed by atoms with Gasteiger partial charge in [0.15, 0.2) is 9.84 Å². The zero-order valence-electron chi connectivity index (χ0n) is 15.7. The summed E-state index contributed by atoms with van der Waals surface area (Å²) in [4.78, 5) is 14.6. The van der Waals surface area contributed by atoms with E-state index in [1.807, 2.05) is 31.2 Å². The van der Waals surface area contributed by atoms with Crippen LogP contribution in [0.1, 0.15) is 36.6 Å². The van der Waals surface area contributed by atoms with E-state index in [-0.39, 0.29) is 23.0 Å². The van der Waals surface area contributed by atoms with Crippen molar-refractivity contribution in [2.45, 2.75) is 30.3 Å². The number of urea groups is 1. The Kier molecular flexibility index (Phi) is 5.41. The van der Waals surface area contributed by atoms with Crippen molar-refractivity contribution in [3.63, 3.8) is 0 Å². The number of ether oxygens (including phenoxy) is 1. The van der Waals surface area contributed by atoms with Crippen LogP contribution in [0.15, 0.2) is 53.4 Å². The maximum Gasteiger partial charge on any atom is 0.318 e. The highest BCUT2D eigenvalue weighted by Gasteiger charge is 2.25. The van der Waals surface area contributed by atoms with E-state index < -0.39 is 9.84 Å². The van der Waals surface area contributed by atoms with Crippen molar-refractivity contribution < 1.29 is 17.9 Å². The lowest BCUT2D eigenvalue weighted by Gasteiger charge is -2.31. The first kappa shape index (κ1) is 19.2. The molecule has 1 N–H and O–H groups in total. The summed E-state index contributed by atoms with van der Waals surface area (Å²) in [6.45, 7) is 2.47. The zero-order chi connectivity index (χ0) is 19.6. The first-order valence-corrected chi connectivity index (χ1v) is 10.7. The van der Waals surface area contributed by atoms with Gasteiger partial charge in [-0.05, 0) is 30.7 Å². The number of hydrogen-bond acceptors (Lipinski definition) is 4. The van der Waals surface area contributed by atoms with Gasteiger partial charge in [0.05, 0.1) is 23.6 Å². The molecule has 1 aliphatic rings. The second kappa shape index (κ2) is 7.60. The van der Waals surface area contributed by atoms with Gasteiger partial charge in [-0.3, -0.25) is 0 Å². The fraction of sp³-hybridized carbons (Fsp3) is 0.350. The smallest absolute Gasteiger partial charge is 0.318 e. The number of benzene rings is 2. The molecule has 2 unspecified atom stereocenters. The highest BCUT2D eigenvalue weighted by atomic mass is 32.2. The van der Waals surface area contributed by atoms with E-state index in [0.29, 0.717) is 13.0 Å². The monoisotopic (exact) mass is 388 g/mol. The van der Waals surface area contributed by atoms with Gasteiger partial charge in [0.25, 0.3) is 0 Å². The zero-order valence-corrected chi connectivity index (χ0v) is 16.5. The maximum absolute atomic E-state index is 12.7.